The number of carbonyl (C=O) groups excluding carboxylic acids is 1. The third-order valence-corrected chi connectivity index (χ3v) is 2.85. The molecule has 0 saturated heterocycles. The van der Waals surface area contributed by atoms with Gasteiger partial charge in [-0.3, -0.25) is 4.79 Å². The zero-order valence-corrected chi connectivity index (χ0v) is 9.27. The molecule has 0 N–H and O–H groups in total. The van der Waals surface area contributed by atoms with Crippen LogP contribution in [-0.4, -0.2) is 23.6 Å². The first-order valence-electron chi connectivity index (χ1n) is 5.43. The third kappa shape index (κ3) is 2.48. The summed E-state index contributed by atoms with van der Waals surface area (Å²) in [6.07, 6.45) is 6.19. The van der Waals surface area contributed by atoms with Crippen LogP contribution in [-0.2, 0) is 11.3 Å². The maximum absolute atomic E-state index is 11.7. The van der Waals surface area contributed by atoms with Gasteiger partial charge in [0.05, 0.1) is 6.10 Å². The van der Waals surface area contributed by atoms with Crippen molar-refractivity contribution in [3.63, 3.8) is 0 Å². The standard InChI is InChI=1S/C12H17NO2/c1-9(15-2)7-13-6-5-11(8-13)12(14)10-3-4-10/h5-6,8-10H,3-4,7H2,1-2H3. The van der Waals surface area contributed by atoms with Crippen molar-refractivity contribution in [2.75, 3.05) is 7.11 Å². The Morgan fingerprint density at radius 3 is 3.00 bits per heavy atom. The van der Waals surface area contributed by atoms with Gasteiger partial charge in [-0.15, -0.1) is 0 Å². The summed E-state index contributed by atoms with van der Waals surface area (Å²) in [6.45, 7) is 2.82. The normalized spacial score (nSPS) is 17.7. The first-order chi connectivity index (χ1) is 7.20. The lowest BCUT2D eigenvalue weighted by molar-refractivity contribution is 0.0963. The molecule has 1 aromatic heterocycles. The van der Waals surface area contributed by atoms with E-state index in [0.717, 1.165) is 24.9 Å². The summed E-state index contributed by atoms with van der Waals surface area (Å²) < 4.78 is 7.20. The Morgan fingerprint density at radius 2 is 2.40 bits per heavy atom. The molecule has 3 nitrogen and oxygen atoms in total. The van der Waals surface area contributed by atoms with Crippen LogP contribution in [0.2, 0.25) is 0 Å². The minimum atomic E-state index is 0.182. The molecule has 1 aromatic rings. The van der Waals surface area contributed by atoms with Crippen molar-refractivity contribution >= 4 is 5.78 Å². The molecule has 1 aliphatic carbocycles. The van der Waals surface area contributed by atoms with Gasteiger partial charge in [-0.25, -0.2) is 0 Å². The van der Waals surface area contributed by atoms with Gasteiger partial charge in [0.1, 0.15) is 0 Å². The van der Waals surface area contributed by atoms with Crippen molar-refractivity contribution in [1.82, 2.24) is 4.57 Å². The average Bonchev–Trinajstić information content (AvgIpc) is 2.98. The van der Waals surface area contributed by atoms with Crippen LogP contribution < -0.4 is 0 Å². The monoisotopic (exact) mass is 207 g/mol. The molecule has 0 aromatic carbocycles. The summed E-state index contributed by atoms with van der Waals surface area (Å²) in [4.78, 5) is 11.7. The van der Waals surface area contributed by atoms with Crippen molar-refractivity contribution in [3.8, 4) is 0 Å². The fourth-order valence-corrected chi connectivity index (χ4v) is 1.65. The van der Waals surface area contributed by atoms with Crippen LogP contribution in [0.1, 0.15) is 30.1 Å². The van der Waals surface area contributed by atoms with E-state index in [1.807, 2.05) is 30.0 Å². The fraction of sp³-hybridized carbons (Fsp3) is 0.583. The van der Waals surface area contributed by atoms with Crippen LogP contribution >= 0.6 is 0 Å². The van der Waals surface area contributed by atoms with E-state index >= 15 is 0 Å². The lowest BCUT2D eigenvalue weighted by Gasteiger charge is -2.09. The topological polar surface area (TPSA) is 31.2 Å². The highest BCUT2D eigenvalue weighted by molar-refractivity contribution is 5.99. The van der Waals surface area contributed by atoms with Crippen LogP contribution in [0.4, 0.5) is 0 Å². The molecule has 15 heavy (non-hydrogen) atoms. The van der Waals surface area contributed by atoms with Gasteiger partial charge in [0, 0.05) is 37.5 Å². The second-order valence-electron chi connectivity index (χ2n) is 4.28. The Hall–Kier alpha value is -1.09. The summed E-state index contributed by atoms with van der Waals surface area (Å²) in [5, 5.41) is 0. The van der Waals surface area contributed by atoms with Crippen LogP contribution in [0.5, 0.6) is 0 Å². The number of rotatable bonds is 5. The van der Waals surface area contributed by atoms with Crippen LogP contribution in [0, 0.1) is 5.92 Å². The average molecular weight is 207 g/mol. The number of methoxy groups -OCH3 is 1. The Balaban J connectivity index is 2.00. The number of Topliss-reactive ketones (excluding diaryl/α,β-unsaturated/α-hetero) is 1. The molecule has 0 spiro atoms. The molecule has 0 amide bonds. The minimum absolute atomic E-state index is 0.182. The minimum Gasteiger partial charge on any atom is -0.380 e. The predicted molar refractivity (Wildman–Crippen MR) is 58.0 cm³/mol. The number of nitrogens with zero attached hydrogens (tertiary/aromatic N) is 1. The zero-order chi connectivity index (χ0) is 10.8. The van der Waals surface area contributed by atoms with Gasteiger partial charge in [-0.2, -0.15) is 0 Å². The van der Waals surface area contributed by atoms with Gasteiger partial charge in [-0.05, 0) is 25.8 Å². The summed E-state index contributed by atoms with van der Waals surface area (Å²) >= 11 is 0. The van der Waals surface area contributed by atoms with E-state index in [9.17, 15) is 4.79 Å². The molecule has 1 heterocycles. The molecule has 0 radical (unpaired) electrons. The van der Waals surface area contributed by atoms with E-state index in [1.165, 1.54) is 0 Å². The van der Waals surface area contributed by atoms with Crippen molar-refractivity contribution in [1.29, 1.82) is 0 Å². The number of ketones is 1. The van der Waals surface area contributed by atoms with E-state index in [1.54, 1.807) is 7.11 Å². The summed E-state index contributed by atoms with van der Waals surface area (Å²) in [6, 6.07) is 1.91. The second kappa shape index (κ2) is 4.19. The molecule has 1 fully saturated rings. The van der Waals surface area contributed by atoms with E-state index in [2.05, 4.69) is 0 Å². The number of ether oxygens (including phenoxy) is 1. The SMILES string of the molecule is COC(C)Cn1ccc(C(=O)C2CC2)c1. The fourth-order valence-electron chi connectivity index (χ4n) is 1.65. The zero-order valence-electron chi connectivity index (χ0n) is 9.27. The van der Waals surface area contributed by atoms with Crippen LogP contribution in [0.3, 0.4) is 0 Å². The Morgan fingerprint density at radius 1 is 1.67 bits per heavy atom. The molecular formula is C12H17NO2. The van der Waals surface area contributed by atoms with Crippen molar-refractivity contribution in [2.45, 2.75) is 32.4 Å². The number of hydrogen-bond acceptors (Lipinski definition) is 2. The molecule has 82 valence electrons. The van der Waals surface area contributed by atoms with Crippen LogP contribution in [0.25, 0.3) is 0 Å². The molecule has 1 saturated carbocycles. The van der Waals surface area contributed by atoms with Crippen molar-refractivity contribution in [2.24, 2.45) is 5.92 Å². The Kier molecular flexibility index (Phi) is 2.91. The highest BCUT2D eigenvalue weighted by atomic mass is 16.5. The van der Waals surface area contributed by atoms with Gasteiger partial charge < -0.3 is 9.30 Å². The quantitative estimate of drug-likeness (QED) is 0.692. The van der Waals surface area contributed by atoms with Gasteiger partial charge in [0.25, 0.3) is 0 Å². The Bertz CT molecular complexity index is 352. The molecular weight excluding hydrogens is 190 g/mol. The highest BCUT2D eigenvalue weighted by Gasteiger charge is 2.30. The van der Waals surface area contributed by atoms with Crippen molar-refractivity contribution < 1.29 is 9.53 Å². The maximum atomic E-state index is 11.7. The predicted octanol–water partition coefficient (Wildman–Crippen LogP) is 2.12. The summed E-state index contributed by atoms with van der Waals surface area (Å²) in [5.74, 6) is 0.611. The molecule has 1 unspecified atom stereocenters. The van der Waals surface area contributed by atoms with E-state index < -0.39 is 0 Å². The molecule has 3 heteroatoms. The summed E-state index contributed by atoms with van der Waals surface area (Å²) in [5.41, 5.74) is 0.848. The van der Waals surface area contributed by atoms with Gasteiger partial charge in [0.2, 0.25) is 0 Å². The van der Waals surface area contributed by atoms with Gasteiger partial charge in [0.15, 0.2) is 5.78 Å². The third-order valence-electron chi connectivity index (χ3n) is 2.85. The van der Waals surface area contributed by atoms with Crippen LogP contribution in [0.15, 0.2) is 18.5 Å². The molecule has 0 bridgehead atoms. The number of aromatic nitrogens is 1. The lowest BCUT2D eigenvalue weighted by Crippen LogP contribution is -2.13. The summed E-state index contributed by atoms with van der Waals surface area (Å²) in [7, 11) is 1.70. The van der Waals surface area contributed by atoms with E-state index in [-0.39, 0.29) is 6.10 Å². The van der Waals surface area contributed by atoms with E-state index in [4.69, 9.17) is 4.74 Å². The lowest BCUT2D eigenvalue weighted by atomic mass is 10.1. The maximum Gasteiger partial charge on any atom is 0.167 e. The smallest absolute Gasteiger partial charge is 0.167 e. The first kappa shape index (κ1) is 10.4. The largest absolute Gasteiger partial charge is 0.380 e. The molecule has 1 aliphatic rings. The van der Waals surface area contributed by atoms with Gasteiger partial charge >= 0.3 is 0 Å². The second-order valence-corrected chi connectivity index (χ2v) is 4.28. The van der Waals surface area contributed by atoms with Crippen molar-refractivity contribution in [3.05, 3.63) is 24.0 Å². The van der Waals surface area contributed by atoms with E-state index in [0.29, 0.717) is 11.7 Å². The molecule has 1 atom stereocenters. The molecule has 0 aliphatic heterocycles. The number of hydrogen-bond donors (Lipinski definition) is 0. The first-order valence-corrected chi connectivity index (χ1v) is 5.43. The van der Waals surface area contributed by atoms with Gasteiger partial charge in [-0.1, -0.05) is 0 Å². The Labute approximate surface area is 90.0 Å². The highest BCUT2D eigenvalue weighted by Crippen LogP contribution is 2.32. The molecule has 2 rings (SSSR count). The number of carbonyl (C=O) groups is 1.